The molecule has 1 aliphatic heterocycles. The van der Waals surface area contributed by atoms with Gasteiger partial charge in [-0.3, -0.25) is 4.79 Å². The number of thioether (sulfide) groups is 1. The summed E-state index contributed by atoms with van der Waals surface area (Å²) in [6.45, 7) is 15.1. The summed E-state index contributed by atoms with van der Waals surface area (Å²) in [4.78, 5) is 31.8. The fourth-order valence-electron chi connectivity index (χ4n) is 4.05. The van der Waals surface area contributed by atoms with Gasteiger partial charge >= 0.3 is 5.97 Å². The SMILES string of the molecule is COC(=O)c1c(C)c(OC)cc(O[Si](C)(C)C(C)(C)C)c1CSC[C@@H](c1nc(C)no1)N1CCCC1=O. The third-order valence-electron chi connectivity index (χ3n) is 7.22. The van der Waals surface area contributed by atoms with Crippen molar-refractivity contribution in [3.63, 3.8) is 0 Å². The molecule has 9 nitrogen and oxygen atoms in total. The van der Waals surface area contributed by atoms with Crippen LogP contribution < -0.4 is 9.16 Å². The molecule has 3 rings (SSSR count). The molecule has 1 aliphatic rings. The van der Waals surface area contributed by atoms with E-state index >= 15 is 0 Å². The lowest BCUT2D eigenvalue weighted by atomic mass is 10.0. The molecular formula is C26H39N3O6SSi. The Hall–Kier alpha value is -2.53. The maximum absolute atomic E-state index is 13.0. The molecule has 0 spiro atoms. The molecule has 11 heteroatoms. The van der Waals surface area contributed by atoms with Crippen LogP contribution in [0.4, 0.5) is 0 Å². The fraction of sp³-hybridized carbons (Fsp3) is 0.615. The molecule has 204 valence electrons. The van der Waals surface area contributed by atoms with Crippen molar-refractivity contribution in [2.75, 3.05) is 26.5 Å². The molecule has 37 heavy (non-hydrogen) atoms. The molecule has 1 amide bonds. The minimum atomic E-state index is -2.24. The van der Waals surface area contributed by atoms with Crippen LogP contribution in [0, 0.1) is 13.8 Å². The predicted molar refractivity (Wildman–Crippen MR) is 146 cm³/mol. The van der Waals surface area contributed by atoms with E-state index in [9.17, 15) is 9.59 Å². The molecule has 0 unspecified atom stereocenters. The topological polar surface area (TPSA) is 104 Å². The number of likely N-dealkylation sites (tertiary alicyclic amines) is 1. The van der Waals surface area contributed by atoms with Crippen LogP contribution in [0.1, 0.15) is 72.9 Å². The first-order valence-corrected chi connectivity index (χ1v) is 16.5. The van der Waals surface area contributed by atoms with Crippen molar-refractivity contribution in [2.24, 2.45) is 0 Å². The second-order valence-electron chi connectivity index (χ2n) is 10.8. The highest BCUT2D eigenvalue weighted by Crippen LogP contribution is 2.43. The zero-order valence-corrected chi connectivity index (χ0v) is 25.2. The maximum Gasteiger partial charge on any atom is 0.338 e. The van der Waals surface area contributed by atoms with Crippen molar-refractivity contribution in [3.8, 4) is 11.5 Å². The highest BCUT2D eigenvalue weighted by atomic mass is 32.2. The average molecular weight is 550 g/mol. The van der Waals surface area contributed by atoms with Crippen molar-refractivity contribution in [1.29, 1.82) is 0 Å². The van der Waals surface area contributed by atoms with Crippen LogP contribution in [0.5, 0.6) is 11.5 Å². The number of hydrogen-bond acceptors (Lipinski definition) is 9. The molecule has 0 saturated carbocycles. The van der Waals surface area contributed by atoms with E-state index in [0.29, 0.717) is 58.8 Å². The molecule has 2 aromatic rings. The zero-order chi connectivity index (χ0) is 27.5. The largest absolute Gasteiger partial charge is 0.543 e. The minimum absolute atomic E-state index is 0.0437. The van der Waals surface area contributed by atoms with E-state index < -0.39 is 14.3 Å². The lowest BCUT2D eigenvalue weighted by Crippen LogP contribution is -2.44. The summed E-state index contributed by atoms with van der Waals surface area (Å²) in [5, 5.41) is 3.89. The zero-order valence-electron chi connectivity index (χ0n) is 23.4. The van der Waals surface area contributed by atoms with E-state index in [1.54, 1.807) is 25.8 Å². The van der Waals surface area contributed by atoms with Crippen LogP contribution >= 0.6 is 11.8 Å². The van der Waals surface area contributed by atoms with E-state index in [0.717, 1.165) is 12.0 Å². The Kier molecular flexibility index (Phi) is 9.00. The van der Waals surface area contributed by atoms with Gasteiger partial charge in [0.25, 0.3) is 0 Å². The Labute approximate surface area is 224 Å². The first kappa shape index (κ1) is 29.0. The van der Waals surface area contributed by atoms with Gasteiger partial charge in [-0.05, 0) is 38.4 Å². The van der Waals surface area contributed by atoms with Crippen LogP contribution in [0.25, 0.3) is 0 Å². The van der Waals surface area contributed by atoms with E-state index in [-0.39, 0.29) is 17.0 Å². The summed E-state index contributed by atoms with van der Waals surface area (Å²) in [5.74, 6) is 2.79. The molecule has 1 atom stereocenters. The summed E-state index contributed by atoms with van der Waals surface area (Å²) in [7, 11) is 0.713. The Balaban J connectivity index is 1.99. The van der Waals surface area contributed by atoms with Gasteiger partial charge in [-0.15, -0.1) is 0 Å². The molecular weight excluding hydrogens is 510 g/mol. The van der Waals surface area contributed by atoms with Gasteiger partial charge in [-0.1, -0.05) is 25.9 Å². The van der Waals surface area contributed by atoms with Crippen LogP contribution in [0.3, 0.4) is 0 Å². The molecule has 1 aromatic carbocycles. The van der Waals surface area contributed by atoms with Crippen molar-refractivity contribution >= 4 is 32.0 Å². The third kappa shape index (κ3) is 6.31. The number of carbonyl (C=O) groups excluding carboxylic acids is 2. The monoisotopic (exact) mass is 549 g/mol. The molecule has 1 fully saturated rings. The number of carbonyl (C=O) groups is 2. The second-order valence-corrected chi connectivity index (χ2v) is 16.6. The van der Waals surface area contributed by atoms with Gasteiger partial charge in [0, 0.05) is 41.7 Å². The Morgan fingerprint density at radius 3 is 2.46 bits per heavy atom. The van der Waals surface area contributed by atoms with Crippen molar-refractivity contribution in [3.05, 3.63) is 34.5 Å². The van der Waals surface area contributed by atoms with Gasteiger partial charge in [0.05, 0.1) is 19.8 Å². The summed E-state index contributed by atoms with van der Waals surface area (Å²) < 4.78 is 23.0. The number of rotatable bonds is 10. The number of amides is 1. The normalized spacial score (nSPS) is 15.2. The van der Waals surface area contributed by atoms with Crippen LogP contribution in [-0.4, -0.2) is 61.8 Å². The van der Waals surface area contributed by atoms with E-state index in [2.05, 4.69) is 44.0 Å². The Morgan fingerprint density at radius 2 is 1.95 bits per heavy atom. The summed E-state index contributed by atoms with van der Waals surface area (Å²) >= 11 is 1.58. The molecule has 0 N–H and O–H groups in total. The smallest absolute Gasteiger partial charge is 0.338 e. The Bertz CT molecular complexity index is 1140. The number of ether oxygens (including phenoxy) is 2. The van der Waals surface area contributed by atoms with Gasteiger partial charge in [-0.2, -0.15) is 16.7 Å². The van der Waals surface area contributed by atoms with Crippen LogP contribution in [0.2, 0.25) is 18.1 Å². The molecule has 2 heterocycles. The number of aryl methyl sites for hydroxylation is 1. The van der Waals surface area contributed by atoms with E-state index in [1.807, 2.05) is 17.9 Å². The third-order valence-corrected chi connectivity index (χ3v) is 12.6. The summed E-state index contributed by atoms with van der Waals surface area (Å²) in [6.07, 6.45) is 1.32. The first-order chi connectivity index (χ1) is 17.3. The standard InChI is InChI=1S/C26H39N3O6SSi/c1-16-20(32-6)13-21(35-37(8,9)26(3,4)5)18(23(16)25(31)33-7)14-36-15-19(24-27-17(2)28-34-24)29-12-10-11-22(29)30/h13,19H,10-12,14-15H2,1-9H3/t19-/m0/s1. The van der Waals surface area contributed by atoms with Gasteiger partial charge in [0.1, 0.15) is 17.5 Å². The highest BCUT2D eigenvalue weighted by Gasteiger charge is 2.40. The van der Waals surface area contributed by atoms with Crippen molar-refractivity contribution in [2.45, 2.75) is 77.4 Å². The minimum Gasteiger partial charge on any atom is -0.543 e. The van der Waals surface area contributed by atoms with Gasteiger partial charge in [0.2, 0.25) is 20.1 Å². The lowest BCUT2D eigenvalue weighted by Gasteiger charge is -2.37. The second kappa shape index (κ2) is 11.5. The number of hydrogen-bond donors (Lipinski definition) is 0. The number of nitrogens with zero attached hydrogens (tertiary/aromatic N) is 3. The van der Waals surface area contributed by atoms with Gasteiger partial charge in [-0.25, -0.2) is 4.79 Å². The lowest BCUT2D eigenvalue weighted by molar-refractivity contribution is -0.129. The average Bonchev–Trinajstić information content (AvgIpc) is 3.44. The van der Waals surface area contributed by atoms with E-state index in [4.69, 9.17) is 18.4 Å². The van der Waals surface area contributed by atoms with Gasteiger partial charge in [0.15, 0.2) is 5.82 Å². The molecule has 1 aromatic heterocycles. The molecule has 0 radical (unpaired) electrons. The van der Waals surface area contributed by atoms with Crippen LogP contribution in [0.15, 0.2) is 10.6 Å². The number of aromatic nitrogens is 2. The fourth-order valence-corrected chi connectivity index (χ4v) is 6.25. The van der Waals surface area contributed by atoms with Gasteiger partial charge < -0.3 is 23.3 Å². The van der Waals surface area contributed by atoms with Crippen molar-refractivity contribution in [1.82, 2.24) is 15.0 Å². The maximum atomic E-state index is 13.0. The quantitative estimate of drug-likeness (QED) is 0.282. The predicted octanol–water partition coefficient (Wildman–Crippen LogP) is 5.46. The molecule has 0 aliphatic carbocycles. The summed E-state index contributed by atoms with van der Waals surface area (Å²) in [5.41, 5.74) is 1.91. The number of benzene rings is 1. The number of esters is 1. The number of methoxy groups -OCH3 is 2. The first-order valence-electron chi connectivity index (χ1n) is 12.5. The molecule has 0 bridgehead atoms. The van der Waals surface area contributed by atoms with Crippen LogP contribution in [-0.2, 0) is 15.3 Å². The Morgan fingerprint density at radius 1 is 1.24 bits per heavy atom. The highest BCUT2D eigenvalue weighted by molar-refractivity contribution is 7.98. The molecule has 1 saturated heterocycles. The van der Waals surface area contributed by atoms with Crippen molar-refractivity contribution < 1.29 is 28.0 Å². The summed E-state index contributed by atoms with van der Waals surface area (Å²) in [6, 6.07) is 1.54. The van der Waals surface area contributed by atoms with E-state index in [1.165, 1.54) is 7.11 Å².